The number of nitrogens with zero attached hydrogens (tertiary/aromatic N) is 2. The first-order chi connectivity index (χ1) is 9.83. The number of rotatable bonds is 2. The van der Waals surface area contributed by atoms with E-state index in [1.165, 1.54) is 5.69 Å². The van der Waals surface area contributed by atoms with Crippen LogP contribution in [0.2, 0.25) is 0 Å². The zero-order chi connectivity index (χ0) is 13.8. The molecular weight excluding hydrogens is 254 g/mol. The largest absolute Gasteiger partial charge is 0.399 e. The highest BCUT2D eigenvalue weighted by Crippen LogP contribution is 2.19. The predicted octanol–water partition coefficient (Wildman–Crippen LogP) is 0.806. The SMILES string of the molecule is Nc1ccc(N2CCN(C3COCCOC3)CC2)cc1. The number of ether oxygens (including phenoxy) is 2. The van der Waals surface area contributed by atoms with Crippen molar-refractivity contribution in [2.45, 2.75) is 6.04 Å². The molecule has 0 aliphatic carbocycles. The lowest BCUT2D eigenvalue weighted by atomic mass is 10.2. The zero-order valence-corrected chi connectivity index (χ0v) is 11.8. The quantitative estimate of drug-likeness (QED) is 0.811. The number of nitrogen functional groups attached to an aromatic ring is 1. The van der Waals surface area contributed by atoms with Crippen molar-refractivity contribution in [2.75, 3.05) is 63.2 Å². The average molecular weight is 277 g/mol. The van der Waals surface area contributed by atoms with E-state index in [9.17, 15) is 0 Å². The van der Waals surface area contributed by atoms with Crippen LogP contribution < -0.4 is 10.6 Å². The van der Waals surface area contributed by atoms with Gasteiger partial charge in [-0.3, -0.25) is 4.90 Å². The van der Waals surface area contributed by atoms with Crippen LogP contribution in [0.4, 0.5) is 11.4 Å². The van der Waals surface area contributed by atoms with Crippen molar-refractivity contribution in [3.8, 4) is 0 Å². The van der Waals surface area contributed by atoms with Crippen LogP contribution in [0.15, 0.2) is 24.3 Å². The molecule has 0 radical (unpaired) electrons. The molecule has 0 bridgehead atoms. The molecule has 20 heavy (non-hydrogen) atoms. The van der Waals surface area contributed by atoms with Crippen molar-refractivity contribution in [3.05, 3.63) is 24.3 Å². The van der Waals surface area contributed by atoms with Gasteiger partial charge in [0.15, 0.2) is 0 Å². The summed E-state index contributed by atoms with van der Waals surface area (Å²) in [6, 6.07) is 8.54. The maximum absolute atomic E-state index is 5.74. The molecule has 2 aliphatic rings. The van der Waals surface area contributed by atoms with Gasteiger partial charge in [0, 0.05) is 37.6 Å². The summed E-state index contributed by atoms with van der Waals surface area (Å²) in [5.74, 6) is 0. The van der Waals surface area contributed by atoms with Gasteiger partial charge in [-0.1, -0.05) is 0 Å². The highest BCUT2D eigenvalue weighted by Gasteiger charge is 2.25. The van der Waals surface area contributed by atoms with Gasteiger partial charge in [0.05, 0.1) is 32.5 Å². The molecule has 110 valence electrons. The lowest BCUT2D eigenvalue weighted by Gasteiger charge is -2.39. The summed E-state index contributed by atoms with van der Waals surface area (Å²) in [5, 5.41) is 0. The standard InChI is InChI=1S/C15H23N3O2/c16-13-1-3-14(4-2-13)17-5-7-18(8-6-17)15-11-19-9-10-20-12-15/h1-4,15H,5-12,16H2. The number of benzene rings is 1. The minimum Gasteiger partial charge on any atom is -0.399 e. The minimum atomic E-state index is 0.408. The average Bonchev–Trinajstić information content (AvgIpc) is 2.77. The Morgan fingerprint density at radius 3 is 2.10 bits per heavy atom. The van der Waals surface area contributed by atoms with Gasteiger partial charge < -0.3 is 20.1 Å². The number of anilines is 2. The third-order valence-electron chi connectivity index (χ3n) is 4.08. The Balaban J connectivity index is 1.54. The number of nitrogens with two attached hydrogens (primary N) is 1. The van der Waals surface area contributed by atoms with Crippen molar-refractivity contribution in [1.29, 1.82) is 0 Å². The second kappa shape index (κ2) is 6.43. The second-order valence-electron chi connectivity index (χ2n) is 5.42. The van der Waals surface area contributed by atoms with Gasteiger partial charge in [0.25, 0.3) is 0 Å². The van der Waals surface area contributed by atoms with Crippen LogP contribution in [0.1, 0.15) is 0 Å². The molecule has 0 amide bonds. The van der Waals surface area contributed by atoms with Crippen LogP contribution >= 0.6 is 0 Å². The number of piperazine rings is 1. The fourth-order valence-corrected chi connectivity index (χ4v) is 2.85. The molecule has 0 spiro atoms. The highest BCUT2D eigenvalue weighted by atomic mass is 16.5. The smallest absolute Gasteiger partial charge is 0.0701 e. The van der Waals surface area contributed by atoms with Crippen LogP contribution in [0.3, 0.4) is 0 Å². The molecule has 0 unspecified atom stereocenters. The highest BCUT2D eigenvalue weighted by molar-refractivity contribution is 5.53. The maximum atomic E-state index is 5.74. The first-order valence-electron chi connectivity index (χ1n) is 7.33. The maximum Gasteiger partial charge on any atom is 0.0701 e. The van der Waals surface area contributed by atoms with E-state index < -0.39 is 0 Å². The van der Waals surface area contributed by atoms with E-state index in [1.54, 1.807) is 0 Å². The van der Waals surface area contributed by atoms with E-state index in [2.05, 4.69) is 21.9 Å². The summed E-state index contributed by atoms with van der Waals surface area (Å²) in [4.78, 5) is 4.90. The van der Waals surface area contributed by atoms with Crippen LogP contribution in [-0.2, 0) is 9.47 Å². The predicted molar refractivity (Wildman–Crippen MR) is 80.1 cm³/mol. The molecule has 1 aromatic carbocycles. The molecule has 5 nitrogen and oxygen atoms in total. The van der Waals surface area contributed by atoms with Crippen LogP contribution in [0.5, 0.6) is 0 Å². The summed E-state index contributed by atoms with van der Waals surface area (Å²) in [6.45, 7) is 7.23. The van der Waals surface area contributed by atoms with Crippen LogP contribution in [0.25, 0.3) is 0 Å². The topological polar surface area (TPSA) is 51.0 Å². The van der Waals surface area contributed by atoms with Gasteiger partial charge >= 0.3 is 0 Å². The summed E-state index contributed by atoms with van der Waals surface area (Å²) < 4.78 is 11.2. The van der Waals surface area contributed by atoms with Crippen molar-refractivity contribution in [1.82, 2.24) is 4.90 Å². The van der Waals surface area contributed by atoms with Crippen LogP contribution in [0, 0.1) is 0 Å². The first-order valence-corrected chi connectivity index (χ1v) is 7.33. The van der Waals surface area contributed by atoms with Crippen molar-refractivity contribution < 1.29 is 9.47 Å². The second-order valence-corrected chi connectivity index (χ2v) is 5.42. The molecule has 0 aromatic heterocycles. The van der Waals surface area contributed by atoms with Gasteiger partial charge in [-0.25, -0.2) is 0 Å². The van der Waals surface area contributed by atoms with Crippen molar-refractivity contribution >= 4 is 11.4 Å². The fourth-order valence-electron chi connectivity index (χ4n) is 2.85. The molecule has 3 rings (SSSR count). The van der Waals surface area contributed by atoms with E-state index in [1.807, 2.05) is 12.1 Å². The first kappa shape index (κ1) is 13.7. The van der Waals surface area contributed by atoms with Gasteiger partial charge in [-0.05, 0) is 24.3 Å². The van der Waals surface area contributed by atoms with Gasteiger partial charge in [-0.15, -0.1) is 0 Å². The summed E-state index contributed by atoms with van der Waals surface area (Å²) in [6.07, 6.45) is 0. The van der Waals surface area contributed by atoms with Crippen LogP contribution in [-0.4, -0.2) is 63.5 Å². The molecule has 2 N–H and O–H groups in total. The molecule has 5 heteroatoms. The fraction of sp³-hybridized carbons (Fsp3) is 0.600. The van der Waals surface area contributed by atoms with Crippen molar-refractivity contribution in [2.24, 2.45) is 0 Å². The molecule has 2 fully saturated rings. The lowest BCUT2D eigenvalue weighted by molar-refractivity contribution is 0.0669. The molecule has 2 aliphatic heterocycles. The van der Waals surface area contributed by atoms with E-state index >= 15 is 0 Å². The third-order valence-corrected chi connectivity index (χ3v) is 4.08. The summed E-state index contributed by atoms with van der Waals surface area (Å²) >= 11 is 0. The Kier molecular flexibility index (Phi) is 4.40. The Hall–Kier alpha value is -1.30. The van der Waals surface area contributed by atoms with E-state index in [0.717, 1.165) is 58.3 Å². The summed E-state index contributed by atoms with van der Waals surface area (Å²) in [5.41, 5.74) is 7.81. The number of hydrogen-bond acceptors (Lipinski definition) is 5. The Morgan fingerprint density at radius 1 is 0.900 bits per heavy atom. The molecule has 0 atom stereocenters. The monoisotopic (exact) mass is 277 g/mol. The zero-order valence-electron chi connectivity index (χ0n) is 11.8. The van der Waals surface area contributed by atoms with E-state index in [-0.39, 0.29) is 0 Å². The third kappa shape index (κ3) is 3.23. The minimum absolute atomic E-state index is 0.408. The van der Waals surface area contributed by atoms with Gasteiger partial charge in [0.2, 0.25) is 0 Å². The normalized spacial score (nSPS) is 22.7. The number of hydrogen-bond donors (Lipinski definition) is 1. The Labute approximate surface area is 120 Å². The Bertz CT molecular complexity index is 408. The summed E-state index contributed by atoms with van der Waals surface area (Å²) in [7, 11) is 0. The van der Waals surface area contributed by atoms with Crippen molar-refractivity contribution in [3.63, 3.8) is 0 Å². The molecule has 0 saturated carbocycles. The Morgan fingerprint density at radius 2 is 1.50 bits per heavy atom. The molecule has 1 aromatic rings. The van der Waals surface area contributed by atoms with Gasteiger partial charge in [0.1, 0.15) is 0 Å². The molecular formula is C15H23N3O2. The van der Waals surface area contributed by atoms with E-state index in [0.29, 0.717) is 6.04 Å². The van der Waals surface area contributed by atoms with Gasteiger partial charge in [-0.2, -0.15) is 0 Å². The molecule has 2 saturated heterocycles. The lowest BCUT2D eigenvalue weighted by Crippen LogP contribution is -2.52. The van der Waals surface area contributed by atoms with E-state index in [4.69, 9.17) is 15.2 Å². The molecule has 2 heterocycles.